The molecule has 0 aromatic heterocycles. The predicted molar refractivity (Wildman–Crippen MR) is 87.9 cm³/mol. The first-order valence-electron chi connectivity index (χ1n) is 7.47. The Bertz CT molecular complexity index is 573. The van der Waals surface area contributed by atoms with Crippen molar-refractivity contribution in [3.8, 4) is 0 Å². The van der Waals surface area contributed by atoms with Crippen molar-refractivity contribution >= 4 is 35.1 Å². The number of hydrogen-bond acceptors (Lipinski definition) is 3. The number of carboxylic acid groups (broad SMARTS) is 1. The van der Waals surface area contributed by atoms with E-state index in [2.05, 4.69) is 0 Å². The van der Waals surface area contributed by atoms with Crippen LogP contribution in [0.25, 0.3) is 0 Å². The summed E-state index contributed by atoms with van der Waals surface area (Å²) >= 11 is 12.0. The number of benzene rings is 1. The third-order valence-electron chi connectivity index (χ3n) is 3.83. The molecule has 1 aliphatic heterocycles. The van der Waals surface area contributed by atoms with E-state index >= 15 is 0 Å². The fraction of sp³-hybridized carbons (Fsp3) is 0.500. The number of aliphatic carboxylic acids is 1. The number of hydrogen-bond donors (Lipinski definition) is 1. The van der Waals surface area contributed by atoms with E-state index < -0.39 is 5.97 Å². The highest BCUT2D eigenvalue weighted by atomic mass is 35.5. The summed E-state index contributed by atoms with van der Waals surface area (Å²) in [6, 6.07) is 5.15. The number of rotatable bonds is 7. The molecule has 1 aromatic carbocycles. The van der Waals surface area contributed by atoms with Crippen LogP contribution in [0.1, 0.15) is 18.4 Å². The Morgan fingerprint density at radius 1 is 1.35 bits per heavy atom. The van der Waals surface area contributed by atoms with Crippen molar-refractivity contribution in [3.63, 3.8) is 0 Å². The van der Waals surface area contributed by atoms with E-state index in [1.807, 2.05) is 0 Å². The third kappa shape index (κ3) is 5.68. The molecule has 1 fully saturated rings. The minimum Gasteiger partial charge on any atom is -0.480 e. The average molecular weight is 360 g/mol. The maximum absolute atomic E-state index is 12.3. The van der Waals surface area contributed by atoms with Gasteiger partial charge in [0.05, 0.1) is 0 Å². The van der Waals surface area contributed by atoms with Gasteiger partial charge in [-0.1, -0.05) is 29.3 Å². The van der Waals surface area contributed by atoms with Gasteiger partial charge >= 0.3 is 5.97 Å². The summed E-state index contributed by atoms with van der Waals surface area (Å²) in [5.41, 5.74) is 0.837. The standard InChI is InChI=1S/C16H19Cl2NO4/c17-13-2-1-12(14(18)8-13)3-5-19(9-16(21)22)15(20)7-11-4-6-23-10-11/h1-2,8,11H,3-7,9-10H2,(H,21,22). The number of carbonyl (C=O) groups excluding carboxylic acids is 1. The van der Waals surface area contributed by atoms with E-state index in [0.717, 1.165) is 12.0 Å². The largest absolute Gasteiger partial charge is 0.480 e. The average Bonchev–Trinajstić information content (AvgIpc) is 2.97. The van der Waals surface area contributed by atoms with Crippen molar-refractivity contribution in [2.45, 2.75) is 19.3 Å². The van der Waals surface area contributed by atoms with E-state index in [4.69, 9.17) is 33.0 Å². The van der Waals surface area contributed by atoms with Crippen molar-refractivity contribution in [3.05, 3.63) is 33.8 Å². The van der Waals surface area contributed by atoms with Gasteiger partial charge < -0.3 is 14.7 Å². The van der Waals surface area contributed by atoms with E-state index in [1.165, 1.54) is 4.90 Å². The van der Waals surface area contributed by atoms with Crippen molar-refractivity contribution in [2.75, 3.05) is 26.3 Å². The number of amides is 1. The zero-order valence-electron chi connectivity index (χ0n) is 12.6. The number of ether oxygens (including phenoxy) is 1. The van der Waals surface area contributed by atoms with Gasteiger partial charge in [0.15, 0.2) is 0 Å². The molecule has 1 heterocycles. The van der Waals surface area contributed by atoms with Crippen LogP contribution in [0.5, 0.6) is 0 Å². The Morgan fingerprint density at radius 2 is 2.13 bits per heavy atom. The SMILES string of the molecule is O=C(O)CN(CCc1ccc(Cl)cc1Cl)C(=O)CC1CCOC1. The Morgan fingerprint density at radius 3 is 2.74 bits per heavy atom. The van der Waals surface area contributed by atoms with Crippen LogP contribution in [0.15, 0.2) is 18.2 Å². The van der Waals surface area contributed by atoms with E-state index in [0.29, 0.717) is 42.6 Å². The molecule has 1 N–H and O–H groups in total. The highest BCUT2D eigenvalue weighted by molar-refractivity contribution is 6.35. The Labute approximate surface area is 145 Å². The molecule has 1 atom stereocenters. The molecule has 0 spiro atoms. The van der Waals surface area contributed by atoms with E-state index in [-0.39, 0.29) is 18.4 Å². The zero-order chi connectivity index (χ0) is 16.8. The molecule has 0 radical (unpaired) electrons. The maximum atomic E-state index is 12.3. The van der Waals surface area contributed by atoms with Gasteiger partial charge in [-0.3, -0.25) is 9.59 Å². The van der Waals surface area contributed by atoms with Gasteiger partial charge in [0.25, 0.3) is 0 Å². The molecular formula is C16H19Cl2NO4. The number of carbonyl (C=O) groups is 2. The summed E-state index contributed by atoms with van der Waals surface area (Å²) in [6.07, 6.45) is 1.65. The van der Waals surface area contributed by atoms with Gasteiger partial charge in [-0.2, -0.15) is 0 Å². The fourth-order valence-corrected chi connectivity index (χ4v) is 3.06. The van der Waals surface area contributed by atoms with Crippen molar-refractivity contribution in [1.82, 2.24) is 4.90 Å². The van der Waals surface area contributed by atoms with Crippen molar-refractivity contribution < 1.29 is 19.4 Å². The molecule has 1 aliphatic rings. The molecule has 7 heteroatoms. The molecule has 5 nitrogen and oxygen atoms in total. The molecule has 23 heavy (non-hydrogen) atoms. The van der Waals surface area contributed by atoms with Crippen LogP contribution in [0.3, 0.4) is 0 Å². The summed E-state index contributed by atoms with van der Waals surface area (Å²) < 4.78 is 5.26. The lowest BCUT2D eigenvalue weighted by Crippen LogP contribution is -2.38. The first-order valence-corrected chi connectivity index (χ1v) is 8.22. The van der Waals surface area contributed by atoms with Gasteiger partial charge in [0.2, 0.25) is 5.91 Å². The van der Waals surface area contributed by atoms with Gasteiger partial charge in [-0.15, -0.1) is 0 Å². The van der Waals surface area contributed by atoms with Crippen molar-refractivity contribution in [2.24, 2.45) is 5.92 Å². The first kappa shape index (κ1) is 18.0. The Hall–Kier alpha value is -1.30. The van der Waals surface area contributed by atoms with Gasteiger partial charge in [0.1, 0.15) is 6.54 Å². The van der Waals surface area contributed by atoms with Crippen LogP contribution in [-0.4, -0.2) is 48.2 Å². The van der Waals surface area contributed by atoms with E-state index in [1.54, 1.807) is 18.2 Å². The number of carboxylic acids is 1. The second-order valence-corrected chi connectivity index (χ2v) is 6.47. The fourth-order valence-electron chi connectivity index (χ4n) is 2.56. The molecule has 0 bridgehead atoms. The molecule has 2 rings (SSSR count). The molecule has 1 unspecified atom stereocenters. The molecule has 126 valence electrons. The maximum Gasteiger partial charge on any atom is 0.323 e. The molecule has 1 aromatic rings. The van der Waals surface area contributed by atoms with Crippen LogP contribution >= 0.6 is 23.2 Å². The topological polar surface area (TPSA) is 66.8 Å². The molecule has 1 saturated heterocycles. The first-order chi connectivity index (χ1) is 11.0. The summed E-state index contributed by atoms with van der Waals surface area (Å²) in [5.74, 6) is -1.01. The molecular weight excluding hydrogens is 341 g/mol. The van der Waals surface area contributed by atoms with E-state index in [9.17, 15) is 9.59 Å². The smallest absolute Gasteiger partial charge is 0.323 e. The Balaban J connectivity index is 1.96. The quantitative estimate of drug-likeness (QED) is 0.812. The minimum atomic E-state index is -1.02. The molecule has 0 saturated carbocycles. The second-order valence-electron chi connectivity index (χ2n) is 5.63. The summed E-state index contributed by atoms with van der Waals surface area (Å²) in [5, 5.41) is 10.1. The van der Waals surface area contributed by atoms with Crippen molar-refractivity contribution in [1.29, 1.82) is 0 Å². The second kappa shape index (κ2) is 8.52. The van der Waals surface area contributed by atoms with Gasteiger partial charge in [0, 0.05) is 36.2 Å². The number of halogens is 2. The van der Waals surface area contributed by atoms with Crippen LogP contribution < -0.4 is 0 Å². The zero-order valence-corrected chi connectivity index (χ0v) is 14.1. The highest BCUT2D eigenvalue weighted by Gasteiger charge is 2.24. The predicted octanol–water partition coefficient (Wildman–Crippen LogP) is 2.88. The number of nitrogens with zero attached hydrogens (tertiary/aromatic N) is 1. The monoisotopic (exact) mass is 359 g/mol. The molecule has 1 amide bonds. The Kier molecular flexibility index (Phi) is 6.69. The minimum absolute atomic E-state index is 0.159. The van der Waals surface area contributed by atoms with Crippen LogP contribution in [0.4, 0.5) is 0 Å². The summed E-state index contributed by atoms with van der Waals surface area (Å²) in [6.45, 7) is 1.23. The highest BCUT2D eigenvalue weighted by Crippen LogP contribution is 2.22. The van der Waals surface area contributed by atoms with Gasteiger partial charge in [-0.05, 0) is 36.5 Å². The lowest BCUT2D eigenvalue weighted by Gasteiger charge is -2.22. The van der Waals surface area contributed by atoms with Crippen LogP contribution in [0, 0.1) is 5.92 Å². The normalized spacial score (nSPS) is 17.2. The molecule has 0 aliphatic carbocycles. The van der Waals surface area contributed by atoms with Crippen LogP contribution in [-0.2, 0) is 20.7 Å². The lowest BCUT2D eigenvalue weighted by atomic mass is 10.0. The summed E-state index contributed by atoms with van der Waals surface area (Å²) in [7, 11) is 0. The lowest BCUT2D eigenvalue weighted by molar-refractivity contribution is -0.144. The van der Waals surface area contributed by atoms with Crippen LogP contribution in [0.2, 0.25) is 10.0 Å². The summed E-state index contributed by atoms with van der Waals surface area (Å²) in [4.78, 5) is 24.7. The van der Waals surface area contributed by atoms with Gasteiger partial charge in [-0.25, -0.2) is 0 Å². The third-order valence-corrected chi connectivity index (χ3v) is 4.42.